The van der Waals surface area contributed by atoms with Gasteiger partial charge in [0.1, 0.15) is 6.61 Å². The number of hydrogen-bond donors (Lipinski definition) is 2. The zero-order chi connectivity index (χ0) is 24.1. The van der Waals surface area contributed by atoms with Gasteiger partial charge in [-0.15, -0.1) is 0 Å². The Kier molecular flexibility index (Phi) is 7.01. The highest BCUT2D eigenvalue weighted by Crippen LogP contribution is 2.32. The molecule has 3 aromatic rings. The lowest BCUT2D eigenvalue weighted by Gasteiger charge is -2.11. The molecular formula is C24H21N3O5S2. The van der Waals surface area contributed by atoms with Gasteiger partial charge in [0.2, 0.25) is 10.0 Å². The number of nitrogens with one attached hydrogen (secondary N) is 1. The van der Waals surface area contributed by atoms with E-state index in [2.05, 4.69) is 10.3 Å². The molecule has 3 N–H and O–H groups in total. The first kappa shape index (κ1) is 23.6. The van der Waals surface area contributed by atoms with Crippen molar-refractivity contribution in [3.05, 3.63) is 88.8 Å². The SMILES string of the molecule is COc1cc(C=C2SC(=Nc3ccc(S(N)(=O)=O)cc3)NC2=O)ccc1OCc1ccccc1. The van der Waals surface area contributed by atoms with Gasteiger partial charge in [-0.05, 0) is 65.4 Å². The van der Waals surface area contributed by atoms with E-state index in [4.69, 9.17) is 14.6 Å². The van der Waals surface area contributed by atoms with Crippen LogP contribution in [0.1, 0.15) is 11.1 Å². The van der Waals surface area contributed by atoms with E-state index in [1.54, 1.807) is 25.3 Å². The second kappa shape index (κ2) is 10.1. The number of aliphatic imine (C=N–C) groups is 1. The minimum absolute atomic E-state index is 0.00899. The summed E-state index contributed by atoms with van der Waals surface area (Å²) >= 11 is 1.18. The highest BCUT2D eigenvalue weighted by molar-refractivity contribution is 8.18. The Morgan fingerprint density at radius 1 is 1.03 bits per heavy atom. The minimum atomic E-state index is -3.78. The van der Waals surface area contributed by atoms with Crippen molar-refractivity contribution in [1.29, 1.82) is 0 Å². The number of primary sulfonamides is 1. The molecule has 4 rings (SSSR count). The molecule has 1 fully saturated rings. The maximum Gasteiger partial charge on any atom is 0.264 e. The third-order valence-electron chi connectivity index (χ3n) is 4.77. The van der Waals surface area contributed by atoms with E-state index >= 15 is 0 Å². The van der Waals surface area contributed by atoms with Crippen LogP contribution in [0, 0.1) is 0 Å². The first-order valence-corrected chi connectivity index (χ1v) is 12.5. The molecule has 0 spiro atoms. The van der Waals surface area contributed by atoms with Crippen LogP contribution in [0.5, 0.6) is 11.5 Å². The Bertz CT molecular complexity index is 1370. The van der Waals surface area contributed by atoms with Crippen LogP contribution in [0.3, 0.4) is 0 Å². The highest BCUT2D eigenvalue weighted by Gasteiger charge is 2.24. The van der Waals surface area contributed by atoms with E-state index in [9.17, 15) is 13.2 Å². The average molecular weight is 496 g/mol. The van der Waals surface area contributed by atoms with Crippen molar-refractivity contribution in [2.75, 3.05) is 7.11 Å². The normalized spacial score (nSPS) is 16.0. The van der Waals surface area contributed by atoms with Crippen LogP contribution < -0.4 is 19.9 Å². The lowest BCUT2D eigenvalue weighted by Crippen LogP contribution is -2.19. The number of thioether (sulfide) groups is 1. The van der Waals surface area contributed by atoms with E-state index in [-0.39, 0.29) is 10.8 Å². The summed E-state index contributed by atoms with van der Waals surface area (Å²) in [5.74, 6) is 0.869. The maximum atomic E-state index is 12.4. The second-order valence-corrected chi connectivity index (χ2v) is 9.80. The number of carbonyl (C=O) groups is 1. The van der Waals surface area contributed by atoms with Gasteiger partial charge in [-0.25, -0.2) is 18.5 Å². The van der Waals surface area contributed by atoms with Crippen LogP contribution >= 0.6 is 11.8 Å². The molecule has 1 heterocycles. The number of nitrogens with zero attached hydrogens (tertiary/aromatic N) is 1. The van der Waals surface area contributed by atoms with Gasteiger partial charge in [0.25, 0.3) is 5.91 Å². The van der Waals surface area contributed by atoms with E-state index in [1.807, 2.05) is 36.4 Å². The summed E-state index contributed by atoms with van der Waals surface area (Å²) in [5.41, 5.74) is 2.29. The number of methoxy groups -OCH3 is 1. The maximum absolute atomic E-state index is 12.4. The predicted molar refractivity (Wildman–Crippen MR) is 132 cm³/mol. The molecule has 0 atom stereocenters. The Morgan fingerprint density at radius 3 is 2.44 bits per heavy atom. The molecule has 10 heteroatoms. The predicted octanol–water partition coefficient (Wildman–Crippen LogP) is 3.81. The van der Waals surface area contributed by atoms with Crippen LogP contribution in [0.25, 0.3) is 6.08 Å². The molecule has 34 heavy (non-hydrogen) atoms. The monoisotopic (exact) mass is 495 g/mol. The fraction of sp³-hybridized carbons (Fsp3) is 0.0833. The third kappa shape index (κ3) is 5.84. The zero-order valence-corrected chi connectivity index (χ0v) is 19.7. The number of sulfonamides is 1. The van der Waals surface area contributed by atoms with E-state index < -0.39 is 10.0 Å². The standard InChI is InChI=1S/C24H21N3O5S2/c1-31-21-13-17(7-12-20(21)32-15-16-5-3-2-4-6-16)14-22-23(28)27-24(33-22)26-18-8-10-19(11-9-18)34(25,29)30/h2-14H,15H2,1H3,(H2,25,29,30)(H,26,27,28). The van der Waals surface area contributed by atoms with E-state index in [1.165, 1.54) is 36.0 Å². The number of ether oxygens (including phenoxy) is 2. The van der Waals surface area contributed by atoms with Gasteiger partial charge in [0.05, 0.1) is 22.6 Å². The first-order chi connectivity index (χ1) is 16.3. The molecule has 8 nitrogen and oxygen atoms in total. The van der Waals surface area contributed by atoms with Crippen LogP contribution in [-0.4, -0.2) is 26.6 Å². The quantitative estimate of drug-likeness (QED) is 0.481. The van der Waals surface area contributed by atoms with Crippen LogP contribution in [0.15, 0.2) is 87.6 Å². The van der Waals surface area contributed by atoms with Gasteiger partial charge < -0.3 is 14.8 Å². The van der Waals surface area contributed by atoms with Crippen LogP contribution in [0.4, 0.5) is 5.69 Å². The number of hydrogen-bond acceptors (Lipinski definition) is 7. The molecule has 0 unspecified atom stereocenters. The molecular weight excluding hydrogens is 474 g/mol. The Hall–Kier alpha value is -3.60. The number of rotatable bonds is 7. The Morgan fingerprint density at radius 2 is 1.76 bits per heavy atom. The van der Waals surface area contributed by atoms with Crippen molar-refractivity contribution in [3.63, 3.8) is 0 Å². The van der Waals surface area contributed by atoms with Crippen LogP contribution in [-0.2, 0) is 21.4 Å². The third-order valence-corrected chi connectivity index (χ3v) is 6.61. The largest absolute Gasteiger partial charge is 0.493 e. The van der Waals surface area contributed by atoms with Crippen molar-refractivity contribution in [2.45, 2.75) is 11.5 Å². The Balaban J connectivity index is 1.48. The summed E-state index contributed by atoms with van der Waals surface area (Å²) in [6, 6.07) is 21.0. The van der Waals surface area contributed by atoms with Crippen molar-refractivity contribution in [3.8, 4) is 11.5 Å². The molecule has 1 saturated heterocycles. The molecule has 0 aliphatic carbocycles. The van der Waals surface area contributed by atoms with Gasteiger partial charge in [-0.1, -0.05) is 36.4 Å². The molecule has 0 aromatic heterocycles. The zero-order valence-electron chi connectivity index (χ0n) is 18.1. The number of nitrogens with two attached hydrogens (primary N) is 1. The fourth-order valence-electron chi connectivity index (χ4n) is 3.09. The van der Waals surface area contributed by atoms with Gasteiger partial charge in [-0.3, -0.25) is 4.79 Å². The number of benzene rings is 3. The van der Waals surface area contributed by atoms with Crippen molar-refractivity contribution < 1.29 is 22.7 Å². The van der Waals surface area contributed by atoms with Gasteiger partial charge >= 0.3 is 0 Å². The topological polar surface area (TPSA) is 120 Å². The molecule has 174 valence electrons. The summed E-state index contributed by atoms with van der Waals surface area (Å²) in [7, 11) is -2.22. The number of amides is 1. The summed E-state index contributed by atoms with van der Waals surface area (Å²) in [4.78, 5) is 17.2. The summed E-state index contributed by atoms with van der Waals surface area (Å²) in [5, 5.41) is 8.19. The lowest BCUT2D eigenvalue weighted by atomic mass is 10.2. The number of amidine groups is 1. The average Bonchev–Trinajstić information content (AvgIpc) is 3.16. The summed E-state index contributed by atoms with van der Waals surface area (Å²) < 4.78 is 34.1. The number of carbonyl (C=O) groups excluding carboxylic acids is 1. The van der Waals surface area contributed by atoms with Crippen LogP contribution in [0.2, 0.25) is 0 Å². The highest BCUT2D eigenvalue weighted by atomic mass is 32.2. The molecule has 3 aromatic carbocycles. The minimum Gasteiger partial charge on any atom is -0.493 e. The molecule has 1 amide bonds. The molecule has 0 radical (unpaired) electrons. The van der Waals surface area contributed by atoms with Crippen molar-refractivity contribution in [2.24, 2.45) is 10.1 Å². The summed E-state index contributed by atoms with van der Waals surface area (Å²) in [6.07, 6.45) is 1.73. The van der Waals surface area contributed by atoms with Gasteiger partial charge in [0.15, 0.2) is 16.7 Å². The lowest BCUT2D eigenvalue weighted by molar-refractivity contribution is -0.115. The molecule has 0 bridgehead atoms. The smallest absolute Gasteiger partial charge is 0.264 e. The first-order valence-electron chi connectivity index (χ1n) is 10.1. The van der Waals surface area contributed by atoms with Gasteiger partial charge in [-0.2, -0.15) is 0 Å². The Labute approximate surface area is 201 Å². The van der Waals surface area contributed by atoms with Crippen molar-refractivity contribution in [1.82, 2.24) is 5.32 Å². The summed E-state index contributed by atoms with van der Waals surface area (Å²) in [6.45, 7) is 0.411. The molecule has 1 aliphatic rings. The van der Waals surface area contributed by atoms with Gasteiger partial charge in [0, 0.05) is 0 Å². The van der Waals surface area contributed by atoms with Crippen molar-refractivity contribution >= 4 is 44.6 Å². The second-order valence-electron chi connectivity index (χ2n) is 7.21. The molecule has 1 aliphatic heterocycles. The molecule has 0 saturated carbocycles. The van der Waals surface area contributed by atoms with E-state index in [0.29, 0.717) is 33.9 Å². The van der Waals surface area contributed by atoms with E-state index in [0.717, 1.165) is 11.1 Å². The fourth-order valence-corrected chi connectivity index (χ4v) is 4.45.